The van der Waals surface area contributed by atoms with Crippen LogP contribution in [0.25, 0.3) is 0 Å². The number of rotatable bonds is 7. The van der Waals surface area contributed by atoms with Crippen LogP contribution in [-0.2, 0) is 11.2 Å². The molecule has 0 aliphatic heterocycles. The van der Waals surface area contributed by atoms with Gasteiger partial charge in [0.05, 0.1) is 12.1 Å². The molecule has 4 heteroatoms. The number of hydrogen-bond donors (Lipinski definition) is 2. The smallest absolute Gasteiger partial charge is 0.226 e. The van der Waals surface area contributed by atoms with Crippen LogP contribution >= 0.6 is 0 Å². The minimum absolute atomic E-state index is 0.0447. The lowest BCUT2D eigenvalue weighted by atomic mass is 10.1. The molecule has 0 saturated heterocycles. The predicted octanol–water partition coefficient (Wildman–Crippen LogP) is 1.05. The highest BCUT2D eigenvalue weighted by molar-refractivity contribution is 5.78. The topological polar surface area (TPSA) is 54.0 Å². The van der Waals surface area contributed by atoms with E-state index >= 15 is 0 Å². The zero-order chi connectivity index (χ0) is 12.5. The summed E-state index contributed by atoms with van der Waals surface area (Å²) in [6, 6.07) is 3.86. The number of aryl methyl sites for hydroxylation is 1. The monoisotopic (exact) mass is 235 g/mol. The van der Waals surface area contributed by atoms with Crippen LogP contribution in [0.1, 0.15) is 24.6 Å². The van der Waals surface area contributed by atoms with Gasteiger partial charge in [-0.3, -0.25) is 9.78 Å². The molecule has 2 N–H and O–H groups in total. The Bertz CT molecular complexity index is 352. The molecular formula is C13H21N3O. The predicted molar refractivity (Wildman–Crippen MR) is 68.8 cm³/mol. The quantitative estimate of drug-likeness (QED) is 0.695. The fourth-order valence-corrected chi connectivity index (χ4v) is 1.54. The molecule has 0 atom stereocenters. The molecule has 0 radical (unpaired) electrons. The molecular weight excluding hydrogens is 214 g/mol. The average Bonchev–Trinajstić information content (AvgIpc) is 2.32. The number of aromatic nitrogens is 1. The van der Waals surface area contributed by atoms with E-state index in [0.717, 1.165) is 37.3 Å². The number of carbonyl (C=O) groups excluding carboxylic acids is 1. The average molecular weight is 235 g/mol. The molecule has 1 aromatic heterocycles. The summed E-state index contributed by atoms with van der Waals surface area (Å²) in [5.74, 6) is 0.0447. The van der Waals surface area contributed by atoms with Gasteiger partial charge in [0.25, 0.3) is 0 Å². The minimum Gasteiger partial charge on any atom is -0.356 e. The Morgan fingerprint density at radius 2 is 2.24 bits per heavy atom. The number of nitrogens with zero attached hydrogens (tertiary/aromatic N) is 1. The molecule has 0 aliphatic rings. The van der Waals surface area contributed by atoms with Crippen LogP contribution in [0.15, 0.2) is 18.3 Å². The second-order valence-electron chi connectivity index (χ2n) is 4.00. The van der Waals surface area contributed by atoms with Crippen molar-refractivity contribution in [2.24, 2.45) is 0 Å². The molecule has 94 valence electrons. The van der Waals surface area contributed by atoms with Gasteiger partial charge < -0.3 is 10.6 Å². The van der Waals surface area contributed by atoms with Gasteiger partial charge in [0.2, 0.25) is 5.91 Å². The van der Waals surface area contributed by atoms with Crippen molar-refractivity contribution in [1.82, 2.24) is 15.6 Å². The van der Waals surface area contributed by atoms with Gasteiger partial charge in [-0.1, -0.05) is 13.0 Å². The van der Waals surface area contributed by atoms with Gasteiger partial charge in [0.15, 0.2) is 0 Å². The maximum atomic E-state index is 11.6. The van der Waals surface area contributed by atoms with E-state index in [1.807, 2.05) is 19.1 Å². The van der Waals surface area contributed by atoms with Crippen LogP contribution in [-0.4, -0.2) is 30.5 Å². The maximum absolute atomic E-state index is 11.6. The van der Waals surface area contributed by atoms with Crippen LogP contribution in [0.4, 0.5) is 0 Å². The summed E-state index contributed by atoms with van der Waals surface area (Å²) >= 11 is 0. The molecule has 1 rings (SSSR count). The third kappa shape index (κ3) is 5.45. The van der Waals surface area contributed by atoms with E-state index < -0.39 is 0 Å². The Morgan fingerprint density at radius 1 is 1.41 bits per heavy atom. The van der Waals surface area contributed by atoms with E-state index in [0.29, 0.717) is 6.42 Å². The van der Waals surface area contributed by atoms with Crippen LogP contribution in [0, 0.1) is 6.92 Å². The first-order valence-electron chi connectivity index (χ1n) is 6.12. The number of nitrogens with one attached hydrogen (secondary N) is 2. The van der Waals surface area contributed by atoms with E-state index in [-0.39, 0.29) is 5.91 Å². The highest BCUT2D eigenvalue weighted by Gasteiger charge is 2.05. The van der Waals surface area contributed by atoms with Gasteiger partial charge in [-0.15, -0.1) is 0 Å². The Kier molecular flexibility index (Phi) is 6.25. The molecule has 17 heavy (non-hydrogen) atoms. The number of carbonyl (C=O) groups is 1. The molecule has 1 aromatic rings. The van der Waals surface area contributed by atoms with E-state index in [9.17, 15) is 4.79 Å². The lowest BCUT2D eigenvalue weighted by Gasteiger charge is -2.06. The highest BCUT2D eigenvalue weighted by Crippen LogP contribution is 2.03. The van der Waals surface area contributed by atoms with E-state index in [4.69, 9.17) is 0 Å². The molecule has 0 saturated carbocycles. The van der Waals surface area contributed by atoms with E-state index in [2.05, 4.69) is 22.5 Å². The Labute approximate surface area is 103 Å². The van der Waals surface area contributed by atoms with Crippen LogP contribution in [0.3, 0.4) is 0 Å². The van der Waals surface area contributed by atoms with E-state index in [1.165, 1.54) is 0 Å². The second-order valence-corrected chi connectivity index (χ2v) is 4.00. The van der Waals surface area contributed by atoms with Crippen molar-refractivity contribution in [3.8, 4) is 0 Å². The van der Waals surface area contributed by atoms with Gasteiger partial charge in [0, 0.05) is 12.7 Å². The molecule has 4 nitrogen and oxygen atoms in total. The first-order valence-corrected chi connectivity index (χ1v) is 6.12. The van der Waals surface area contributed by atoms with Crippen LogP contribution in [0.2, 0.25) is 0 Å². The second kappa shape index (κ2) is 7.79. The first kappa shape index (κ1) is 13.6. The van der Waals surface area contributed by atoms with E-state index in [1.54, 1.807) is 6.20 Å². The third-order valence-electron chi connectivity index (χ3n) is 2.55. The summed E-state index contributed by atoms with van der Waals surface area (Å²) in [4.78, 5) is 15.8. The summed E-state index contributed by atoms with van der Waals surface area (Å²) in [7, 11) is 0. The number of pyridine rings is 1. The van der Waals surface area contributed by atoms with Gasteiger partial charge in [-0.2, -0.15) is 0 Å². The molecule has 0 fully saturated rings. The molecule has 1 amide bonds. The van der Waals surface area contributed by atoms with Crippen molar-refractivity contribution >= 4 is 5.91 Å². The third-order valence-corrected chi connectivity index (χ3v) is 2.55. The van der Waals surface area contributed by atoms with Crippen LogP contribution in [0.5, 0.6) is 0 Å². The van der Waals surface area contributed by atoms with Crippen molar-refractivity contribution in [3.63, 3.8) is 0 Å². The van der Waals surface area contributed by atoms with Gasteiger partial charge in [-0.05, 0) is 38.1 Å². The Balaban J connectivity index is 2.23. The summed E-state index contributed by atoms with van der Waals surface area (Å²) in [5, 5.41) is 6.12. The van der Waals surface area contributed by atoms with Crippen molar-refractivity contribution in [1.29, 1.82) is 0 Å². The normalized spacial score (nSPS) is 10.2. The standard InChI is InChI=1S/C13H21N3O/c1-3-14-7-5-9-16-13(17)10-12-11(2)6-4-8-15-12/h4,6,8,14H,3,5,7,9-10H2,1-2H3,(H,16,17). The molecule has 0 aliphatic carbocycles. The summed E-state index contributed by atoms with van der Waals surface area (Å²) in [6.45, 7) is 6.68. The van der Waals surface area contributed by atoms with Gasteiger partial charge in [0.1, 0.15) is 0 Å². The fraction of sp³-hybridized carbons (Fsp3) is 0.538. The molecule has 0 unspecified atom stereocenters. The zero-order valence-electron chi connectivity index (χ0n) is 10.6. The Morgan fingerprint density at radius 3 is 2.94 bits per heavy atom. The molecule has 0 spiro atoms. The zero-order valence-corrected chi connectivity index (χ0v) is 10.6. The van der Waals surface area contributed by atoms with Crippen molar-refractivity contribution in [3.05, 3.63) is 29.6 Å². The van der Waals surface area contributed by atoms with Crippen molar-refractivity contribution in [2.75, 3.05) is 19.6 Å². The van der Waals surface area contributed by atoms with Gasteiger partial charge in [-0.25, -0.2) is 0 Å². The number of amides is 1. The highest BCUT2D eigenvalue weighted by atomic mass is 16.1. The minimum atomic E-state index is 0.0447. The lowest BCUT2D eigenvalue weighted by Crippen LogP contribution is -2.29. The summed E-state index contributed by atoms with van der Waals surface area (Å²) in [5.41, 5.74) is 1.92. The maximum Gasteiger partial charge on any atom is 0.226 e. The molecule has 0 aromatic carbocycles. The largest absolute Gasteiger partial charge is 0.356 e. The number of hydrogen-bond acceptors (Lipinski definition) is 3. The molecule has 0 bridgehead atoms. The first-order chi connectivity index (χ1) is 8.24. The fourth-order valence-electron chi connectivity index (χ4n) is 1.54. The summed E-state index contributed by atoms with van der Waals surface area (Å²) in [6.07, 6.45) is 3.05. The molecule has 1 heterocycles. The summed E-state index contributed by atoms with van der Waals surface area (Å²) < 4.78 is 0. The Hall–Kier alpha value is -1.42. The SMILES string of the molecule is CCNCCCNC(=O)Cc1ncccc1C. The lowest BCUT2D eigenvalue weighted by molar-refractivity contribution is -0.120. The van der Waals surface area contributed by atoms with Crippen molar-refractivity contribution < 1.29 is 4.79 Å². The van der Waals surface area contributed by atoms with Crippen molar-refractivity contribution in [2.45, 2.75) is 26.7 Å². The van der Waals surface area contributed by atoms with Crippen LogP contribution < -0.4 is 10.6 Å². The van der Waals surface area contributed by atoms with Gasteiger partial charge >= 0.3 is 0 Å².